The lowest BCUT2D eigenvalue weighted by atomic mass is 10.1. The average Bonchev–Trinajstić information content (AvgIpc) is 3.12. The van der Waals surface area contributed by atoms with Gasteiger partial charge in [0.1, 0.15) is 0 Å². The minimum absolute atomic E-state index is 0.235. The van der Waals surface area contributed by atoms with Crippen molar-refractivity contribution in [3.05, 3.63) is 59.7 Å². The number of nitrogens with zero attached hydrogens (tertiary/aromatic N) is 4. The van der Waals surface area contributed by atoms with Crippen molar-refractivity contribution in [1.29, 1.82) is 0 Å². The number of hydrogen-bond acceptors (Lipinski definition) is 6. The molecule has 1 aromatic heterocycles. The van der Waals surface area contributed by atoms with E-state index in [1.165, 1.54) is 6.92 Å². The highest BCUT2D eigenvalue weighted by molar-refractivity contribution is 5.95. The van der Waals surface area contributed by atoms with Gasteiger partial charge in [0.2, 0.25) is 5.82 Å². The summed E-state index contributed by atoms with van der Waals surface area (Å²) in [6, 6.07) is 15.0. The maximum atomic E-state index is 12.2. The third kappa shape index (κ3) is 5.00. The largest absolute Gasteiger partial charge is 0.451 e. The molecule has 1 N–H and O–H groups in total. The summed E-state index contributed by atoms with van der Waals surface area (Å²) >= 11 is 0. The predicted octanol–water partition coefficient (Wildman–Crippen LogP) is 2.53. The maximum Gasteiger partial charge on any atom is 0.330 e. The van der Waals surface area contributed by atoms with Gasteiger partial charge in [0.25, 0.3) is 5.91 Å². The normalized spacial score (nSPS) is 11.7. The second-order valence-electron chi connectivity index (χ2n) is 6.50. The van der Waals surface area contributed by atoms with E-state index in [-0.39, 0.29) is 6.54 Å². The second-order valence-corrected chi connectivity index (χ2v) is 6.50. The Kier molecular flexibility index (Phi) is 5.78. The number of anilines is 1. The zero-order valence-electron chi connectivity index (χ0n) is 15.9. The van der Waals surface area contributed by atoms with E-state index in [1.807, 2.05) is 50.2 Å². The Morgan fingerprint density at radius 1 is 1.04 bits per heavy atom. The number of esters is 1. The van der Waals surface area contributed by atoms with Gasteiger partial charge in [-0.2, -0.15) is 4.80 Å². The first-order valence-corrected chi connectivity index (χ1v) is 8.82. The standard InChI is InChI=1S/C20H21N5O3/c1-13-4-8-16(9-5-13)19-22-24-25(23-19)12-18(26)28-15(3)20(27)21-17-10-6-14(2)7-11-17/h4-11,15H,12H2,1-3H3,(H,21,27)/t15-/m0/s1. The van der Waals surface area contributed by atoms with Gasteiger partial charge < -0.3 is 10.1 Å². The molecular formula is C20H21N5O3. The fourth-order valence-corrected chi connectivity index (χ4v) is 2.41. The predicted molar refractivity (Wildman–Crippen MR) is 103 cm³/mol. The van der Waals surface area contributed by atoms with Crippen LogP contribution in [0.4, 0.5) is 5.69 Å². The third-order valence-electron chi connectivity index (χ3n) is 4.03. The molecule has 1 atom stereocenters. The molecule has 28 heavy (non-hydrogen) atoms. The van der Waals surface area contributed by atoms with E-state index in [2.05, 4.69) is 20.7 Å². The van der Waals surface area contributed by atoms with Crippen LogP contribution in [-0.4, -0.2) is 38.2 Å². The van der Waals surface area contributed by atoms with Crippen molar-refractivity contribution in [3.8, 4) is 11.4 Å². The van der Waals surface area contributed by atoms with Crippen LogP contribution in [0.1, 0.15) is 18.1 Å². The van der Waals surface area contributed by atoms with Gasteiger partial charge in [0, 0.05) is 11.3 Å². The first kappa shape index (κ1) is 19.2. The Labute approximate surface area is 162 Å². The zero-order valence-corrected chi connectivity index (χ0v) is 15.9. The molecular weight excluding hydrogens is 358 g/mol. The molecule has 0 aliphatic carbocycles. The lowest BCUT2D eigenvalue weighted by Crippen LogP contribution is -2.31. The summed E-state index contributed by atoms with van der Waals surface area (Å²) in [5, 5.41) is 14.7. The molecule has 1 heterocycles. The van der Waals surface area contributed by atoms with Gasteiger partial charge in [-0.25, -0.2) is 4.79 Å². The van der Waals surface area contributed by atoms with Crippen LogP contribution in [0.2, 0.25) is 0 Å². The monoisotopic (exact) mass is 379 g/mol. The Morgan fingerprint density at radius 2 is 1.64 bits per heavy atom. The summed E-state index contributed by atoms with van der Waals surface area (Å²) in [4.78, 5) is 25.4. The summed E-state index contributed by atoms with van der Waals surface area (Å²) < 4.78 is 5.16. The minimum atomic E-state index is -0.950. The molecule has 0 aliphatic heterocycles. The van der Waals surface area contributed by atoms with Crippen molar-refractivity contribution in [1.82, 2.24) is 20.2 Å². The lowest BCUT2D eigenvalue weighted by molar-refractivity contribution is -0.154. The maximum absolute atomic E-state index is 12.2. The SMILES string of the molecule is Cc1ccc(NC(=O)[C@H](C)OC(=O)Cn2nnc(-c3ccc(C)cc3)n2)cc1. The van der Waals surface area contributed by atoms with Gasteiger partial charge in [-0.3, -0.25) is 4.79 Å². The van der Waals surface area contributed by atoms with Crippen LogP contribution in [0.15, 0.2) is 48.5 Å². The van der Waals surface area contributed by atoms with Gasteiger partial charge in [0.15, 0.2) is 12.6 Å². The van der Waals surface area contributed by atoms with E-state index in [0.29, 0.717) is 11.5 Å². The number of benzene rings is 2. The van der Waals surface area contributed by atoms with Gasteiger partial charge in [0.05, 0.1) is 0 Å². The number of aryl methyl sites for hydroxylation is 2. The van der Waals surface area contributed by atoms with Crippen molar-refractivity contribution in [2.75, 3.05) is 5.32 Å². The fraction of sp³-hybridized carbons (Fsp3) is 0.250. The first-order valence-electron chi connectivity index (χ1n) is 8.82. The van der Waals surface area contributed by atoms with Crippen LogP contribution >= 0.6 is 0 Å². The van der Waals surface area contributed by atoms with E-state index in [9.17, 15) is 9.59 Å². The molecule has 3 rings (SSSR count). The van der Waals surface area contributed by atoms with Gasteiger partial charge in [-0.15, -0.1) is 10.2 Å². The van der Waals surface area contributed by atoms with Crippen molar-refractivity contribution < 1.29 is 14.3 Å². The van der Waals surface area contributed by atoms with E-state index < -0.39 is 18.0 Å². The molecule has 0 bridgehead atoms. The van der Waals surface area contributed by atoms with Crippen LogP contribution in [0.25, 0.3) is 11.4 Å². The van der Waals surface area contributed by atoms with Crippen LogP contribution in [0, 0.1) is 13.8 Å². The van der Waals surface area contributed by atoms with Crippen molar-refractivity contribution >= 4 is 17.6 Å². The minimum Gasteiger partial charge on any atom is -0.451 e. The second kappa shape index (κ2) is 8.43. The van der Waals surface area contributed by atoms with Crippen LogP contribution in [0.3, 0.4) is 0 Å². The van der Waals surface area contributed by atoms with Crippen LogP contribution in [0.5, 0.6) is 0 Å². The van der Waals surface area contributed by atoms with Crippen molar-refractivity contribution in [2.24, 2.45) is 0 Å². The molecule has 0 unspecified atom stereocenters. The van der Waals surface area contributed by atoms with Gasteiger partial charge in [-0.05, 0) is 38.1 Å². The quantitative estimate of drug-likeness (QED) is 0.661. The molecule has 0 spiro atoms. The number of tetrazole rings is 1. The molecule has 0 radical (unpaired) electrons. The highest BCUT2D eigenvalue weighted by atomic mass is 16.5. The number of carbonyl (C=O) groups excluding carboxylic acids is 2. The summed E-state index contributed by atoms with van der Waals surface area (Å²) in [5.74, 6) is -0.624. The molecule has 0 aliphatic rings. The molecule has 8 nitrogen and oxygen atoms in total. The Bertz CT molecular complexity index is 964. The topological polar surface area (TPSA) is 99.0 Å². The Hall–Kier alpha value is -3.55. The van der Waals surface area contributed by atoms with Crippen molar-refractivity contribution in [3.63, 3.8) is 0 Å². The molecule has 0 saturated carbocycles. The Morgan fingerprint density at radius 3 is 2.29 bits per heavy atom. The summed E-state index contributed by atoms with van der Waals surface area (Å²) in [5.41, 5.74) is 3.65. The van der Waals surface area contributed by atoms with Gasteiger partial charge >= 0.3 is 5.97 Å². The van der Waals surface area contributed by atoms with Crippen molar-refractivity contribution in [2.45, 2.75) is 33.4 Å². The van der Waals surface area contributed by atoms with Crippen LogP contribution in [-0.2, 0) is 20.9 Å². The number of nitrogens with one attached hydrogen (secondary N) is 1. The number of ether oxygens (including phenoxy) is 1. The smallest absolute Gasteiger partial charge is 0.330 e. The van der Waals surface area contributed by atoms with Gasteiger partial charge in [-0.1, -0.05) is 47.5 Å². The highest BCUT2D eigenvalue weighted by Gasteiger charge is 2.19. The van der Waals surface area contributed by atoms with E-state index in [0.717, 1.165) is 21.5 Å². The summed E-state index contributed by atoms with van der Waals surface area (Å²) in [6.07, 6.45) is -0.950. The number of aromatic nitrogens is 4. The Balaban J connectivity index is 1.54. The first-order chi connectivity index (χ1) is 13.4. The van der Waals surface area contributed by atoms with Crippen LogP contribution < -0.4 is 5.32 Å². The molecule has 2 aromatic carbocycles. The van der Waals surface area contributed by atoms with E-state index in [1.54, 1.807) is 12.1 Å². The van der Waals surface area contributed by atoms with E-state index in [4.69, 9.17) is 4.74 Å². The number of hydrogen-bond donors (Lipinski definition) is 1. The third-order valence-corrected chi connectivity index (χ3v) is 4.03. The average molecular weight is 379 g/mol. The number of carbonyl (C=O) groups is 2. The summed E-state index contributed by atoms with van der Waals surface area (Å²) in [6.45, 7) is 5.22. The molecule has 3 aromatic rings. The summed E-state index contributed by atoms with van der Waals surface area (Å²) in [7, 11) is 0. The highest BCUT2D eigenvalue weighted by Crippen LogP contribution is 2.14. The lowest BCUT2D eigenvalue weighted by Gasteiger charge is -2.13. The molecule has 144 valence electrons. The number of rotatable bonds is 6. The fourth-order valence-electron chi connectivity index (χ4n) is 2.41. The van der Waals surface area contributed by atoms with E-state index >= 15 is 0 Å². The molecule has 8 heteroatoms. The number of amides is 1. The zero-order chi connectivity index (χ0) is 20.1. The molecule has 0 saturated heterocycles. The molecule has 0 fully saturated rings. The molecule has 1 amide bonds.